The second-order valence-electron chi connectivity index (χ2n) is 3.08. The molecule has 1 rings (SSSR count). The third kappa shape index (κ3) is 3.00. The van der Waals surface area contributed by atoms with E-state index in [1.54, 1.807) is 0 Å². The molecule has 3 nitrogen and oxygen atoms in total. The fourth-order valence-electron chi connectivity index (χ4n) is 1.03. The number of halogens is 4. The highest BCUT2D eigenvalue weighted by molar-refractivity contribution is 9.11. The summed E-state index contributed by atoms with van der Waals surface area (Å²) >= 11 is 2.95. The Kier molecular flexibility index (Phi) is 4.17. The average Bonchev–Trinajstić information content (AvgIpc) is 2.28. The molecule has 0 heterocycles. The first-order chi connectivity index (χ1) is 7.84. The van der Waals surface area contributed by atoms with E-state index in [2.05, 4.69) is 27.8 Å². The van der Waals surface area contributed by atoms with Gasteiger partial charge < -0.3 is 10.4 Å². The maximum atomic E-state index is 13.3. The van der Waals surface area contributed by atoms with Crippen LogP contribution in [0.2, 0.25) is 0 Å². The van der Waals surface area contributed by atoms with Gasteiger partial charge in [0.15, 0.2) is 17.4 Å². The van der Waals surface area contributed by atoms with Crippen LogP contribution in [-0.2, 0) is 0 Å². The Labute approximate surface area is 103 Å². The first-order valence-electron chi connectivity index (χ1n) is 4.32. The zero-order chi connectivity index (χ0) is 13.2. The Hall–Kier alpha value is -1.50. The van der Waals surface area contributed by atoms with Gasteiger partial charge in [0.2, 0.25) is 5.82 Å². The van der Waals surface area contributed by atoms with Crippen molar-refractivity contribution in [3.8, 4) is 5.75 Å². The van der Waals surface area contributed by atoms with Crippen molar-refractivity contribution >= 4 is 21.8 Å². The Morgan fingerprint density at radius 1 is 1.41 bits per heavy atom. The molecule has 1 aromatic rings. The average molecular weight is 310 g/mol. The van der Waals surface area contributed by atoms with E-state index in [0.717, 1.165) is 0 Å². The molecule has 0 saturated heterocycles. The van der Waals surface area contributed by atoms with Gasteiger partial charge in [0, 0.05) is 11.0 Å². The van der Waals surface area contributed by atoms with E-state index >= 15 is 0 Å². The molecule has 0 spiro atoms. The van der Waals surface area contributed by atoms with Gasteiger partial charge in [-0.15, -0.1) is 0 Å². The minimum atomic E-state index is -1.73. The van der Waals surface area contributed by atoms with Crippen LogP contribution in [0.25, 0.3) is 0 Å². The molecule has 0 saturated carbocycles. The van der Waals surface area contributed by atoms with Gasteiger partial charge in [-0.2, -0.15) is 4.39 Å². The first-order valence-corrected chi connectivity index (χ1v) is 5.11. The van der Waals surface area contributed by atoms with Crippen molar-refractivity contribution in [3.63, 3.8) is 0 Å². The molecule has 2 N–H and O–H groups in total. The Morgan fingerprint density at radius 2 is 2.00 bits per heavy atom. The van der Waals surface area contributed by atoms with Crippen LogP contribution >= 0.6 is 15.9 Å². The van der Waals surface area contributed by atoms with Gasteiger partial charge >= 0.3 is 0 Å². The van der Waals surface area contributed by atoms with Crippen LogP contribution in [0.15, 0.2) is 17.1 Å². The largest absolute Gasteiger partial charge is 0.503 e. The normalized spacial score (nSPS) is 10.1. The lowest BCUT2D eigenvalue weighted by molar-refractivity contribution is 0.0952. The summed E-state index contributed by atoms with van der Waals surface area (Å²) in [5.74, 6) is -7.26. The van der Waals surface area contributed by atoms with Gasteiger partial charge in [-0.25, -0.2) is 8.78 Å². The molecule has 0 unspecified atom stereocenters. The number of nitrogens with one attached hydrogen (secondary N) is 1. The summed E-state index contributed by atoms with van der Waals surface area (Å²) in [5.41, 5.74) is -0.782. The summed E-state index contributed by atoms with van der Waals surface area (Å²) in [6, 6.07) is 0.372. The molecule has 0 aliphatic heterocycles. The topological polar surface area (TPSA) is 49.3 Å². The quantitative estimate of drug-likeness (QED) is 0.843. The molecule has 0 aliphatic rings. The van der Waals surface area contributed by atoms with E-state index in [1.807, 2.05) is 0 Å². The number of hydrogen-bond acceptors (Lipinski definition) is 2. The number of carbonyl (C=O) groups excluding carboxylic acids is 1. The Bertz CT molecular complexity index is 491. The summed E-state index contributed by atoms with van der Waals surface area (Å²) in [6.07, 6.45) is 0. The van der Waals surface area contributed by atoms with Crippen molar-refractivity contribution in [3.05, 3.63) is 40.1 Å². The summed E-state index contributed by atoms with van der Waals surface area (Å²) in [5, 5.41) is 11.1. The lowest BCUT2D eigenvalue weighted by atomic mass is 10.1. The fraction of sp³-hybridized carbons (Fsp3) is 0.100. The summed E-state index contributed by atoms with van der Waals surface area (Å²) in [7, 11) is 0. The molecule has 0 aromatic heterocycles. The highest BCUT2D eigenvalue weighted by Gasteiger charge is 2.22. The standard InChI is InChI=1S/C10H7BrF3NO2/c1-4(11)3-15-10(17)5-2-6(12)8(14)9(16)7(5)13/h2,16H,1,3H2,(H,15,17). The molecule has 1 amide bonds. The molecule has 0 bridgehead atoms. The molecular weight excluding hydrogens is 303 g/mol. The van der Waals surface area contributed by atoms with Crippen LogP contribution in [0.3, 0.4) is 0 Å². The zero-order valence-electron chi connectivity index (χ0n) is 8.36. The van der Waals surface area contributed by atoms with E-state index in [-0.39, 0.29) is 6.54 Å². The van der Waals surface area contributed by atoms with Crippen LogP contribution in [0.5, 0.6) is 5.75 Å². The van der Waals surface area contributed by atoms with Crippen molar-refractivity contribution < 1.29 is 23.1 Å². The number of amides is 1. The molecule has 17 heavy (non-hydrogen) atoms. The van der Waals surface area contributed by atoms with Crippen molar-refractivity contribution in [1.82, 2.24) is 5.32 Å². The van der Waals surface area contributed by atoms with E-state index in [1.165, 1.54) is 0 Å². The van der Waals surface area contributed by atoms with Crippen molar-refractivity contribution in [2.45, 2.75) is 0 Å². The number of aromatic hydroxyl groups is 1. The van der Waals surface area contributed by atoms with Crippen LogP contribution in [0.1, 0.15) is 10.4 Å². The minimum Gasteiger partial charge on any atom is -0.503 e. The van der Waals surface area contributed by atoms with Crippen LogP contribution in [0.4, 0.5) is 13.2 Å². The molecule has 1 aromatic carbocycles. The maximum absolute atomic E-state index is 13.3. The molecule has 0 aliphatic carbocycles. The number of phenols is 1. The number of hydrogen-bond donors (Lipinski definition) is 2. The summed E-state index contributed by atoms with van der Waals surface area (Å²) in [6.45, 7) is 3.40. The predicted octanol–water partition coefficient (Wildman–Crippen LogP) is 2.45. The predicted molar refractivity (Wildman–Crippen MR) is 58.4 cm³/mol. The van der Waals surface area contributed by atoms with Crippen molar-refractivity contribution in [2.75, 3.05) is 6.54 Å². The third-order valence-corrected chi connectivity index (χ3v) is 2.10. The minimum absolute atomic E-state index is 0.0158. The van der Waals surface area contributed by atoms with Crippen LogP contribution in [-0.4, -0.2) is 17.6 Å². The van der Waals surface area contributed by atoms with Gasteiger partial charge in [-0.3, -0.25) is 4.79 Å². The lowest BCUT2D eigenvalue weighted by Crippen LogP contribution is -2.25. The van der Waals surface area contributed by atoms with Gasteiger partial charge in [-0.05, 0) is 6.07 Å². The lowest BCUT2D eigenvalue weighted by Gasteiger charge is -2.07. The maximum Gasteiger partial charge on any atom is 0.254 e. The van der Waals surface area contributed by atoms with Crippen LogP contribution in [0, 0.1) is 17.5 Å². The molecule has 0 fully saturated rings. The Balaban J connectivity index is 3.06. The highest BCUT2D eigenvalue weighted by atomic mass is 79.9. The van der Waals surface area contributed by atoms with E-state index < -0.39 is 34.7 Å². The third-order valence-electron chi connectivity index (χ3n) is 1.82. The molecular formula is C10H7BrF3NO2. The number of benzene rings is 1. The van der Waals surface area contributed by atoms with Gasteiger partial charge in [-0.1, -0.05) is 22.5 Å². The smallest absolute Gasteiger partial charge is 0.254 e. The van der Waals surface area contributed by atoms with E-state index in [0.29, 0.717) is 10.5 Å². The molecule has 92 valence electrons. The second-order valence-corrected chi connectivity index (χ2v) is 4.20. The van der Waals surface area contributed by atoms with E-state index in [4.69, 9.17) is 5.11 Å². The van der Waals surface area contributed by atoms with Gasteiger partial charge in [0.25, 0.3) is 5.91 Å². The van der Waals surface area contributed by atoms with Crippen LogP contribution < -0.4 is 5.32 Å². The highest BCUT2D eigenvalue weighted by Crippen LogP contribution is 2.25. The van der Waals surface area contributed by atoms with Crippen molar-refractivity contribution in [1.29, 1.82) is 0 Å². The van der Waals surface area contributed by atoms with Crippen molar-refractivity contribution in [2.24, 2.45) is 0 Å². The molecule has 0 radical (unpaired) electrons. The van der Waals surface area contributed by atoms with E-state index in [9.17, 15) is 18.0 Å². The number of carbonyl (C=O) groups is 1. The van der Waals surface area contributed by atoms with Gasteiger partial charge in [0.05, 0.1) is 5.56 Å². The molecule has 7 heteroatoms. The zero-order valence-corrected chi connectivity index (χ0v) is 9.94. The summed E-state index contributed by atoms with van der Waals surface area (Å²) < 4.78 is 39.3. The summed E-state index contributed by atoms with van der Waals surface area (Å²) in [4.78, 5) is 11.4. The second kappa shape index (κ2) is 5.22. The SMILES string of the molecule is C=C(Br)CNC(=O)c1cc(F)c(F)c(O)c1F. The molecule has 0 atom stereocenters. The van der Waals surface area contributed by atoms with Gasteiger partial charge in [0.1, 0.15) is 0 Å². The number of phenolic OH excluding ortho intramolecular Hbond substituents is 1. The monoisotopic (exact) mass is 309 g/mol. The fourth-order valence-corrected chi connectivity index (χ4v) is 1.17. The first kappa shape index (κ1) is 13.6. The number of rotatable bonds is 3. The Morgan fingerprint density at radius 3 is 2.53 bits per heavy atom.